The molecule has 0 saturated heterocycles. The second-order valence-electron chi connectivity index (χ2n) is 6.28. The molecule has 5 nitrogen and oxygen atoms in total. The SMILES string of the molecule is CCc1cccc(CC)c1NC(=O)CSc1nccn1-c1cccc(OC)c1. The van der Waals surface area contributed by atoms with Crippen molar-refractivity contribution in [3.05, 3.63) is 66.0 Å². The molecule has 0 spiro atoms. The third-order valence-electron chi connectivity index (χ3n) is 4.53. The van der Waals surface area contributed by atoms with Crippen LogP contribution in [0.25, 0.3) is 5.69 Å². The predicted octanol–water partition coefficient (Wildman–Crippen LogP) is 4.74. The molecule has 0 aliphatic rings. The average molecular weight is 396 g/mol. The maximum atomic E-state index is 12.6. The Labute approximate surface area is 170 Å². The van der Waals surface area contributed by atoms with E-state index in [4.69, 9.17) is 4.74 Å². The van der Waals surface area contributed by atoms with Gasteiger partial charge >= 0.3 is 0 Å². The van der Waals surface area contributed by atoms with Gasteiger partial charge in [0.25, 0.3) is 0 Å². The number of hydrogen-bond donors (Lipinski definition) is 1. The lowest BCUT2D eigenvalue weighted by Gasteiger charge is -2.14. The molecular formula is C22H25N3O2S. The minimum atomic E-state index is -0.0270. The third kappa shape index (κ3) is 4.57. The normalized spacial score (nSPS) is 10.7. The lowest BCUT2D eigenvalue weighted by Crippen LogP contribution is -2.17. The number of nitrogens with zero attached hydrogens (tertiary/aromatic N) is 2. The topological polar surface area (TPSA) is 56.2 Å². The van der Waals surface area contributed by atoms with Crippen LogP contribution in [0.4, 0.5) is 5.69 Å². The first-order valence-electron chi connectivity index (χ1n) is 9.37. The zero-order valence-electron chi connectivity index (χ0n) is 16.4. The fraction of sp³-hybridized carbons (Fsp3) is 0.273. The van der Waals surface area contributed by atoms with Crippen LogP contribution in [0.1, 0.15) is 25.0 Å². The molecule has 3 aromatic rings. The van der Waals surface area contributed by atoms with Crippen LogP contribution in [0.15, 0.2) is 60.0 Å². The third-order valence-corrected chi connectivity index (χ3v) is 5.50. The fourth-order valence-electron chi connectivity index (χ4n) is 3.06. The van der Waals surface area contributed by atoms with E-state index in [1.54, 1.807) is 13.3 Å². The minimum absolute atomic E-state index is 0.0270. The zero-order chi connectivity index (χ0) is 19.9. The van der Waals surface area contributed by atoms with Crippen LogP contribution in [0.3, 0.4) is 0 Å². The van der Waals surface area contributed by atoms with Gasteiger partial charge in [-0.3, -0.25) is 9.36 Å². The summed E-state index contributed by atoms with van der Waals surface area (Å²) in [6.07, 6.45) is 5.39. The average Bonchev–Trinajstić information content (AvgIpc) is 3.21. The molecule has 0 saturated carbocycles. The number of amides is 1. The summed E-state index contributed by atoms with van der Waals surface area (Å²) in [4.78, 5) is 17.0. The number of ether oxygens (including phenoxy) is 1. The molecule has 0 radical (unpaired) electrons. The second kappa shape index (κ2) is 9.46. The maximum absolute atomic E-state index is 12.6. The van der Waals surface area contributed by atoms with Crippen molar-refractivity contribution in [2.45, 2.75) is 31.8 Å². The van der Waals surface area contributed by atoms with Gasteiger partial charge in [-0.1, -0.05) is 49.9 Å². The quantitative estimate of drug-likeness (QED) is 0.560. The van der Waals surface area contributed by atoms with Gasteiger partial charge in [0, 0.05) is 24.1 Å². The summed E-state index contributed by atoms with van der Waals surface area (Å²) in [6.45, 7) is 4.20. The minimum Gasteiger partial charge on any atom is -0.497 e. The smallest absolute Gasteiger partial charge is 0.234 e. The summed E-state index contributed by atoms with van der Waals surface area (Å²) >= 11 is 1.42. The van der Waals surface area contributed by atoms with E-state index in [9.17, 15) is 4.79 Å². The van der Waals surface area contributed by atoms with Crippen LogP contribution < -0.4 is 10.1 Å². The van der Waals surface area contributed by atoms with Crippen molar-refractivity contribution in [2.24, 2.45) is 0 Å². The van der Waals surface area contributed by atoms with Crippen LogP contribution in [-0.4, -0.2) is 28.3 Å². The number of aromatic nitrogens is 2. The molecule has 6 heteroatoms. The van der Waals surface area contributed by atoms with E-state index in [0.717, 1.165) is 46.2 Å². The van der Waals surface area contributed by atoms with Crippen molar-refractivity contribution in [2.75, 3.05) is 18.2 Å². The number of methoxy groups -OCH3 is 1. The van der Waals surface area contributed by atoms with Crippen molar-refractivity contribution < 1.29 is 9.53 Å². The lowest BCUT2D eigenvalue weighted by molar-refractivity contribution is -0.113. The van der Waals surface area contributed by atoms with Gasteiger partial charge in [-0.05, 0) is 36.1 Å². The Morgan fingerprint density at radius 2 is 1.86 bits per heavy atom. The monoisotopic (exact) mass is 395 g/mol. The van der Waals surface area contributed by atoms with Crippen LogP contribution >= 0.6 is 11.8 Å². The van der Waals surface area contributed by atoms with E-state index in [0.29, 0.717) is 5.75 Å². The van der Waals surface area contributed by atoms with E-state index in [2.05, 4.69) is 36.3 Å². The Kier molecular flexibility index (Phi) is 6.76. The number of para-hydroxylation sites is 1. The van der Waals surface area contributed by atoms with Crippen molar-refractivity contribution in [3.8, 4) is 11.4 Å². The number of thioether (sulfide) groups is 1. The highest BCUT2D eigenvalue weighted by molar-refractivity contribution is 7.99. The molecule has 0 fully saturated rings. The molecule has 146 valence electrons. The number of nitrogens with one attached hydrogen (secondary N) is 1. The van der Waals surface area contributed by atoms with Crippen molar-refractivity contribution in [1.82, 2.24) is 9.55 Å². The zero-order valence-corrected chi connectivity index (χ0v) is 17.3. The van der Waals surface area contributed by atoms with Gasteiger partial charge in [-0.2, -0.15) is 0 Å². The second-order valence-corrected chi connectivity index (χ2v) is 7.22. The molecule has 0 aliphatic heterocycles. The molecule has 0 bridgehead atoms. The first-order chi connectivity index (χ1) is 13.7. The highest BCUT2D eigenvalue weighted by atomic mass is 32.2. The van der Waals surface area contributed by atoms with Gasteiger partial charge in [0.1, 0.15) is 5.75 Å². The number of rotatable bonds is 8. The number of carbonyl (C=O) groups excluding carboxylic acids is 1. The predicted molar refractivity (Wildman–Crippen MR) is 115 cm³/mol. The van der Waals surface area contributed by atoms with Crippen LogP contribution in [0.5, 0.6) is 5.75 Å². The molecule has 0 atom stereocenters. The molecule has 2 aromatic carbocycles. The van der Waals surface area contributed by atoms with Gasteiger partial charge in [0.05, 0.1) is 18.6 Å². The van der Waals surface area contributed by atoms with Gasteiger partial charge in [-0.25, -0.2) is 4.98 Å². The van der Waals surface area contributed by atoms with Crippen molar-refractivity contribution in [3.63, 3.8) is 0 Å². The van der Waals surface area contributed by atoms with E-state index >= 15 is 0 Å². The number of hydrogen-bond acceptors (Lipinski definition) is 4. The van der Waals surface area contributed by atoms with E-state index in [-0.39, 0.29) is 5.91 Å². The van der Waals surface area contributed by atoms with Gasteiger partial charge in [-0.15, -0.1) is 0 Å². The first-order valence-corrected chi connectivity index (χ1v) is 10.4. The van der Waals surface area contributed by atoms with E-state index < -0.39 is 0 Å². The Balaban J connectivity index is 1.71. The van der Waals surface area contributed by atoms with Crippen LogP contribution in [0, 0.1) is 0 Å². The Morgan fingerprint density at radius 3 is 2.54 bits per heavy atom. The number of aryl methyl sites for hydroxylation is 2. The number of benzene rings is 2. The Hall–Kier alpha value is -2.73. The summed E-state index contributed by atoms with van der Waals surface area (Å²) in [7, 11) is 1.64. The Bertz CT molecular complexity index is 930. The number of carbonyl (C=O) groups is 1. The Morgan fingerprint density at radius 1 is 1.14 bits per heavy atom. The highest BCUT2D eigenvalue weighted by Crippen LogP contribution is 2.25. The standard InChI is InChI=1S/C22H25N3O2S/c1-4-16-8-6-9-17(5-2)21(16)24-20(26)15-28-22-23-12-13-25(22)18-10-7-11-19(14-18)27-3/h6-14H,4-5,15H2,1-3H3,(H,24,26). The molecular weight excluding hydrogens is 370 g/mol. The summed E-state index contributed by atoms with van der Waals surface area (Å²) in [5, 5.41) is 3.87. The largest absolute Gasteiger partial charge is 0.497 e. The number of anilines is 1. The molecule has 3 rings (SSSR count). The molecule has 1 N–H and O–H groups in total. The summed E-state index contributed by atoms with van der Waals surface area (Å²) in [6, 6.07) is 13.9. The van der Waals surface area contributed by atoms with Gasteiger partial charge in [0.2, 0.25) is 5.91 Å². The fourth-order valence-corrected chi connectivity index (χ4v) is 3.84. The first kappa shape index (κ1) is 20.0. The van der Waals surface area contributed by atoms with Gasteiger partial charge < -0.3 is 10.1 Å². The highest BCUT2D eigenvalue weighted by Gasteiger charge is 2.13. The summed E-state index contributed by atoms with van der Waals surface area (Å²) in [5.74, 6) is 1.05. The molecule has 1 amide bonds. The molecule has 0 aliphatic carbocycles. The molecule has 28 heavy (non-hydrogen) atoms. The van der Waals surface area contributed by atoms with Crippen molar-refractivity contribution in [1.29, 1.82) is 0 Å². The van der Waals surface area contributed by atoms with Gasteiger partial charge in [0.15, 0.2) is 5.16 Å². The summed E-state index contributed by atoms with van der Waals surface area (Å²) < 4.78 is 7.25. The molecule has 0 unspecified atom stereocenters. The van der Waals surface area contributed by atoms with Crippen molar-refractivity contribution >= 4 is 23.4 Å². The maximum Gasteiger partial charge on any atom is 0.234 e. The number of imidazole rings is 1. The molecule has 1 heterocycles. The lowest BCUT2D eigenvalue weighted by atomic mass is 10.0. The van der Waals surface area contributed by atoms with E-state index in [1.165, 1.54) is 11.8 Å². The molecule has 1 aromatic heterocycles. The van der Waals surface area contributed by atoms with Crippen LogP contribution in [-0.2, 0) is 17.6 Å². The van der Waals surface area contributed by atoms with E-state index in [1.807, 2.05) is 41.1 Å². The summed E-state index contributed by atoms with van der Waals surface area (Å²) in [5.41, 5.74) is 4.23. The van der Waals surface area contributed by atoms with Crippen LogP contribution in [0.2, 0.25) is 0 Å².